The number of fused-ring (bicyclic) bond motifs is 1. The van der Waals surface area contributed by atoms with Gasteiger partial charge in [0.2, 0.25) is 0 Å². The number of ether oxygens (including phenoxy) is 1. The molecule has 17 heavy (non-hydrogen) atoms. The number of imidazole rings is 1. The van der Waals surface area contributed by atoms with Gasteiger partial charge in [-0.25, -0.2) is 9.97 Å². The van der Waals surface area contributed by atoms with Crippen LogP contribution in [-0.4, -0.2) is 38.9 Å². The van der Waals surface area contributed by atoms with Crippen molar-refractivity contribution < 1.29 is 4.74 Å². The normalized spacial score (nSPS) is 11.1. The molecule has 0 aliphatic carbocycles. The number of aromatic nitrogens is 4. The number of nitrogens with zero attached hydrogens (tertiary/aromatic N) is 2. The first-order chi connectivity index (χ1) is 8.31. The third-order valence-electron chi connectivity index (χ3n) is 2.09. The molecule has 0 saturated heterocycles. The minimum absolute atomic E-state index is 0.190. The van der Waals surface area contributed by atoms with Crippen molar-refractivity contribution in [1.29, 1.82) is 0 Å². The van der Waals surface area contributed by atoms with Crippen LogP contribution < -0.4 is 5.56 Å². The average molecular weight is 254 g/mol. The van der Waals surface area contributed by atoms with Gasteiger partial charge in [0.05, 0.1) is 12.9 Å². The molecule has 0 aliphatic heterocycles. The fourth-order valence-corrected chi connectivity index (χ4v) is 2.05. The Morgan fingerprint density at radius 3 is 3.18 bits per heavy atom. The molecule has 0 fully saturated rings. The predicted molar refractivity (Wildman–Crippen MR) is 66.3 cm³/mol. The molecule has 0 spiro atoms. The summed E-state index contributed by atoms with van der Waals surface area (Å²) in [4.78, 5) is 25.2. The fourth-order valence-electron chi connectivity index (χ4n) is 1.33. The summed E-state index contributed by atoms with van der Waals surface area (Å²) < 4.78 is 5.34. The van der Waals surface area contributed by atoms with E-state index >= 15 is 0 Å². The third-order valence-corrected chi connectivity index (χ3v) is 2.93. The second-order valence-corrected chi connectivity index (χ2v) is 4.52. The van der Waals surface area contributed by atoms with Crippen molar-refractivity contribution in [3.8, 4) is 0 Å². The number of H-pyrrole nitrogens is 2. The quantitative estimate of drug-likeness (QED) is 0.459. The molecule has 0 aromatic carbocycles. The Morgan fingerprint density at radius 1 is 1.47 bits per heavy atom. The van der Waals surface area contributed by atoms with E-state index in [1.165, 1.54) is 18.1 Å². The SMILES string of the molecule is CCCOCCSc1nc2nc[nH]c2c(=O)[nH]1. The first-order valence-corrected chi connectivity index (χ1v) is 6.43. The van der Waals surface area contributed by atoms with Crippen LogP contribution in [0.15, 0.2) is 16.3 Å². The predicted octanol–water partition coefficient (Wildman–Crippen LogP) is 1.16. The first kappa shape index (κ1) is 12.1. The van der Waals surface area contributed by atoms with Crippen LogP contribution in [0, 0.1) is 0 Å². The van der Waals surface area contributed by atoms with Gasteiger partial charge in [-0.2, -0.15) is 0 Å². The van der Waals surface area contributed by atoms with Crippen molar-refractivity contribution in [1.82, 2.24) is 19.9 Å². The van der Waals surface area contributed by atoms with Crippen molar-refractivity contribution >= 4 is 22.9 Å². The molecule has 0 atom stereocenters. The summed E-state index contributed by atoms with van der Waals surface area (Å²) in [7, 11) is 0. The Bertz CT molecular complexity index is 536. The van der Waals surface area contributed by atoms with E-state index in [1.807, 2.05) is 0 Å². The summed E-state index contributed by atoms with van der Waals surface area (Å²) in [5, 5.41) is 0.578. The number of rotatable bonds is 6. The number of hydrogen-bond acceptors (Lipinski definition) is 5. The molecule has 0 unspecified atom stereocenters. The maximum atomic E-state index is 11.6. The number of aromatic amines is 2. The molecule has 0 aliphatic rings. The van der Waals surface area contributed by atoms with Gasteiger partial charge < -0.3 is 9.72 Å². The highest BCUT2D eigenvalue weighted by molar-refractivity contribution is 7.99. The smallest absolute Gasteiger partial charge is 0.277 e. The van der Waals surface area contributed by atoms with Gasteiger partial charge in [-0.3, -0.25) is 9.78 Å². The number of nitrogens with one attached hydrogen (secondary N) is 2. The van der Waals surface area contributed by atoms with Gasteiger partial charge in [-0.1, -0.05) is 18.7 Å². The van der Waals surface area contributed by atoms with E-state index in [-0.39, 0.29) is 5.56 Å². The lowest BCUT2D eigenvalue weighted by atomic mass is 10.5. The van der Waals surface area contributed by atoms with Crippen LogP contribution in [0.4, 0.5) is 0 Å². The second-order valence-electron chi connectivity index (χ2n) is 3.43. The summed E-state index contributed by atoms with van der Waals surface area (Å²) >= 11 is 1.46. The largest absolute Gasteiger partial charge is 0.381 e. The maximum Gasteiger partial charge on any atom is 0.277 e. The monoisotopic (exact) mass is 254 g/mol. The van der Waals surface area contributed by atoms with Gasteiger partial charge in [-0.15, -0.1) is 0 Å². The van der Waals surface area contributed by atoms with Crippen LogP contribution in [0.5, 0.6) is 0 Å². The molecule has 0 saturated carbocycles. The van der Waals surface area contributed by atoms with Crippen molar-refractivity contribution in [3.63, 3.8) is 0 Å². The minimum Gasteiger partial charge on any atom is -0.381 e. The van der Waals surface area contributed by atoms with Crippen LogP contribution in [0.3, 0.4) is 0 Å². The molecule has 6 nitrogen and oxygen atoms in total. The minimum atomic E-state index is -0.190. The highest BCUT2D eigenvalue weighted by Crippen LogP contribution is 2.12. The summed E-state index contributed by atoms with van der Waals surface area (Å²) in [6.07, 6.45) is 2.48. The standard InChI is InChI=1S/C10H14N4O2S/c1-2-3-16-4-5-17-10-13-8-7(9(15)14-10)11-6-12-8/h6H,2-5H2,1H3,(H2,11,12,13,14,15). The van der Waals surface area contributed by atoms with E-state index in [0.29, 0.717) is 22.9 Å². The Balaban J connectivity index is 1.97. The first-order valence-electron chi connectivity index (χ1n) is 5.45. The highest BCUT2D eigenvalue weighted by Gasteiger charge is 2.05. The third kappa shape index (κ3) is 3.07. The maximum absolute atomic E-state index is 11.6. The molecule has 2 aromatic heterocycles. The van der Waals surface area contributed by atoms with Crippen LogP contribution in [0.1, 0.15) is 13.3 Å². The molecular formula is C10H14N4O2S. The van der Waals surface area contributed by atoms with E-state index < -0.39 is 0 Å². The van der Waals surface area contributed by atoms with Gasteiger partial charge in [0.15, 0.2) is 16.3 Å². The van der Waals surface area contributed by atoms with E-state index in [4.69, 9.17) is 4.74 Å². The van der Waals surface area contributed by atoms with Crippen LogP contribution in [0.25, 0.3) is 11.2 Å². The summed E-state index contributed by atoms with van der Waals surface area (Å²) in [6.45, 7) is 3.49. The van der Waals surface area contributed by atoms with E-state index in [1.54, 1.807) is 0 Å². The molecule has 2 rings (SSSR count). The number of hydrogen-bond donors (Lipinski definition) is 2. The fraction of sp³-hybridized carbons (Fsp3) is 0.500. The molecular weight excluding hydrogens is 240 g/mol. The average Bonchev–Trinajstić information content (AvgIpc) is 2.77. The van der Waals surface area contributed by atoms with Crippen molar-refractivity contribution in [3.05, 3.63) is 16.7 Å². The summed E-state index contributed by atoms with van der Waals surface area (Å²) in [5.74, 6) is 0.763. The van der Waals surface area contributed by atoms with Crippen molar-refractivity contribution in [2.75, 3.05) is 19.0 Å². The Morgan fingerprint density at radius 2 is 2.35 bits per heavy atom. The van der Waals surface area contributed by atoms with Gasteiger partial charge in [0.25, 0.3) is 5.56 Å². The lowest BCUT2D eigenvalue weighted by molar-refractivity contribution is 0.151. The van der Waals surface area contributed by atoms with Gasteiger partial charge in [0, 0.05) is 12.4 Å². The van der Waals surface area contributed by atoms with Gasteiger partial charge >= 0.3 is 0 Å². The molecule has 0 radical (unpaired) electrons. The Kier molecular flexibility index (Phi) is 4.16. The van der Waals surface area contributed by atoms with E-state index in [9.17, 15) is 4.79 Å². The molecule has 92 valence electrons. The second kappa shape index (κ2) is 5.83. The van der Waals surface area contributed by atoms with Crippen molar-refractivity contribution in [2.45, 2.75) is 18.5 Å². The summed E-state index contributed by atoms with van der Waals surface area (Å²) in [5.41, 5.74) is 0.673. The molecule has 2 heterocycles. The molecule has 0 amide bonds. The molecule has 2 aromatic rings. The van der Waals surface area contributed by atoms with E-state index in [0.717, 1.165) is 18.8 Å². The summed E-state index contributed by atoms with van der Waals surface area (Å²) in [6, 6.07) is 0. The van der Waals surface area contributed by atoms with E-state index in [2.05, 4.69) is 26.9 Å². The zero-order chi connectivity index (χ0) is 12.1. The lowest BCUT2D eigenvalue weighted by Crippen LogP contribution is -2.09. The Hall–Kier alpha value is -1.34. The highest BCUT2D eigenvalue weighted by atomic mass is 32.2. The molecule has 2 N–H and O–H groups in total. The van der Waals surface area contributed by atoms with Crippen molar-refractivity contribution in [2.24, 2.45) is 0 Å². The zero-order valence-corrected chi connectivity index (χ0v) is 10.3. The van der Waals surface area contributed by atoms with Crippen LogP contribution in [0.2, 0.25) is 0 Å². The lowest BCUT2D eigenvalue weighted by Gasteiger charge is -2.01. The van der Waals surface area contributed by atoms with Gasteiger partial charge in [-0.05, 0) is 6.42 Å². The van der Waals surface area contributed by atoms with Gasteiger partial charge in [0.1, 0.15) is 0 Å². The molecule has 7 heteroatoms. The van der Waals surface area contributed by atoms with Crippen LogP contribution in [-0.2, 0) is 4.74 Å². The number of thioether (sulfide) groups is 1. The topological polar surface area (TPSA) is 83.7 Å². The molecule has 0 bridgehead atoms. The zero-order valence-electron chi connectivity index (χ0n) is 9.52. The van der Waals surface area contributed by atoms with Crippen LogP contribution >= 0.6 is 11.8 Å². The Labute approximate surface area is 102 Å².